The van der Waals surface area contributed by atoms with Crippen LogP contribution >= 0.6 is 27.5 Å². The molecule has 0 saturated heterocycles. The zero-order chi connectivity index (χ0) is 15.4. The molecular formula is C16H15BrClNO2. The lowest BCUT2D eigenvalue weighted by atomic mass is 10.2. The number of hydrogen-bond acceptors (Lipinski definition) is 2. The van der Waals surface area contributed by atoms with Crippen molar-refractivity contribution in [1.29, 1.82) is 0 Å². The third-order valence-corrected chi connectivity index (χ3v) is 3.88. The molecule has 2 rings (SSSR count). The van der Waals surface area contributed by atoms with Gasteiger partial charge in [-0.2, -0.15) is 0 Å². The highest BCUT2D eigenvalue weighted by Gasteiger charge is 2.15. The average Bonchev–Trinajstić information content (AvgIpc) is 2.45. The number of ether oxygens (including phenoxy) is 1. The van der Waals surface area contributed by atoms with E-state index in [0.29, 0.717) is 10.8 Å². The first-order chi connectivity index (χ1) is 9.95. The van der Waals surface area contributed by atoms with Crippen LogP contribution in [0.1, 0.15) is 12.5 Å². The number of benzene rings is 2. The number of anilines is 1. The predicted molar refractivity (Wildman–Crippen MR) is 89.1 cm³/mol. The van der Waals surface area contributed by atoms with E-state index in [9.17, 15) is 4.79 Å². The molecule has 1 atom stereocenters. The Kier molecular flexibility index (Phi) is 5.26. The monoisotopic (exact) mass is 367 g/mol. The van der Waals surface area contributed by atoms with Crippen LogP contribution in [0.25, 0.3) is 0 Å². The lowest BCUT2D eigenvalue weighted by molar-refractivity contribution is -0.122. The number of aryl methyl sites for hydroxylation is 1. The molecule has 0 aliphatic carbocycles. The average molecular weight is 369 g/mol. The van der Waals surface area contributed by atoms with Gasteiger partial charge in [0.15, 0.2) is 6.10 Å². The van der Waals surface area contributed by atoms with E-state index in [1.165, 1.54) is 0 Å². The van der Waals surface area contributed by atoms with Crippen molar-refractivity contribution in [3.8, 4) is 5.75 Å². The summed E-state index contributed by atoms with van der Waals surface area (Å²) in [5.74, 6) is 0.417. The fraction of sp³-hybridized carbons (Fsp3) is 0.188. The van der Waals surface area contributed by atoms with Crippen molar-refractivity contribution in [2.24, 2.45) is 0 Å². The minimum absolute atomic E-state index is 0.204. The molecule has 0 fully saturated rings. The summed E-state index contributed by atoms with van der Waals surface area (Å²) in [6.45, 7) is 3.60. The molecule has 0 spiro atoms. The minimum Gasteiger partial charge on any atom is -0.481 e. The van der Waals surface area contributed by atoms with Gasteiger partial charge in [-0.15, -0.1) is 0 Å². The fourth-order valence-corrected chi connectivity index (χ4v) is 2.11. The second-order valence-electron chi connectivity index (χ2n) is 4.67. The van der Waals surface area contributed by atoms with E-state index >= 15 is 0 Å². The number of rotatable bonds is 4. The van der Waals surface area contributed by atoms with Gasteiger partial charge in [0.25, 0.3) is 5.91 Å². The first kappa shape index (κ1) is 15.9. The molecule has 21 heavy (non-hydrogen) atoms. The SMILES string of the molecule is Cc1cc(O[C@H](C)C(=O)Nc2ccc(Br)cc2)ccc1Cl. The molecule has 0 bridgehead atoms. The van der Waals surface area contributed by atoms with Crippen LogP contribution in [-0.2, 0) is 4.79 Å². The summed E-state index contributed by atoms with van der Waals surface area (Å²) in [5.41, 5.74) is 1.64. The van der Waals surface area contributed by atoms with Crippen molar-refractivity contribution in [2.75, 3.05) is 5.32 Å². The molecule has 1 amide bonds. The quantitative estimate of drug-likeness (QED) is 0.840. The number of carbonyl (C=O) groups excluding carboxylic acids is 1. The topological polar surface area (TPSA) is 38.3 Å². The molecule has 3 nitrogen and oxygen atoms in total. The van der Waals surface area contributed by atoms with Gasteiger partial charge in [0.2, 0.25) is 0 Å². The van der Waals surface area contributed by atoms with Gasteiger partial charge in [-0.25, -0.2) is 0 Å². The molecule has 0 aliphatic heterocycles. The molecule has 0 heterocycles. The largest absolute Gasteiger partial charge is 0.481 e. The van der Waals surface area contributed by atoms with Crippen LogP contribution in [0.5, 0.6) is 5.75 Å². The Bertz CT molecular complexity index is 643. The fourth-order valence-electron chi connectivity index (χ4n) is 1.73. The maximum Gasteiger partial charge on any atom is 0.265 e. The molecule has 2 aromatic rings. The van der Waals surface area contributed by atoms with Crippen LogP contribution in [0.3, 0.4) is 0 Å². The lowest BCUT2D eigenvalue weighted by Gasteiger charge is -2.15. The van der Waals surface area contributed by atoms with E-state index in [-0.39, 0.29) is 5.91 Å². The van der Waals surface area contributed by atoms with Gasteiger partial charge in [0, 0.05) is 15.2 Å². The molecule has 5 heteroatoms. The number of nitrogens with one attached hydrogen (secondary N) is 1. The zero-order valence-corrected chi connectivity index (χ0v) is 14.0. The molecule has 0 radical (unpaired) electrons. The van der Waals surface area contributed by atoms with Crippen LogP contribution in [0, 0.1) is 6.92 Å². The van der Waals surface area contributed by atoms with Crippen LogP contribution in [0.15, 0.2) is 46.9 Å². The van der Waals surface area contributed by atoms with Crippen molar-refractivity contribution < 1.29 is 9.53 Å². The highest BCUT2D eigenvalue weighted by Crippen LogP contribution is 2.22. The lowest BCUT2D eigenvalue weighted by Crippen LogP contribution is -2.30. The van der Waals surface area contributed by atoms with Crippen LogP contribution in [-0.4, -0.2) is 12.0 Å². The maximum absolute atomic E-state index is 12.1. The molecule has 0 saturated carbocycles. The molecule has 0 aromatic heterocycles. The smallest absolute Gasteiger partial charge is 0.265 e. The van der Waals surface area contributed by atoms with Gasteiger partial charge in [-0.1, -0.05) is 27.5 Å². The Morgan fingerprint density at radius 1 is 1.24 bits per heavy atom. The van der Waals surface area contributed by atoms with Crippen molar-refractivity contribution >= 4 is 39.1 Å². The summed E-state index contributed by atoms with van der Waals surface area (Å²) < 4.78 is 6.59. The van der Waals surface area contributed by atoms with E-state index in [1.807, 2.05) is 37.3 Å². The number of halogens is 2. The molecule has 2 aromatic carbocycles. The summed E-state index contributed by atoms with van der Waals surface area (Å²) in [5, 5.41) is 3.48. The molecule has 0 aliphatic rings. The molecule has 110 valence electrons. The third kappa shape index (κ3) is 4.48. The highest BCUT2D eigenvalue weighted by atomic mass is 79.9. The van der Waals surface area contributed by atoms with Gasteiger partial charge in [0.1, 0.15) is 5.75 Å². The molecule has 0 unspecified atom stereocenters. The Hall–Kier alpha value is -1.52. The van der Waals surface area contributed by atoms with Gasteiger partial charge >= 0.3 is 0 Å². The standard InChI is InChI=1S/C16H15BrClNO2/c1-10-9-14(7-8-15(10)18)21-11(2)16(20)19-13-5-3-12(17)4-6-13/h3-9,11H,1-2H3,(H,19,20)/t11-/m1/s1. The van der Waals surface area contributed by atoms with E-state index in [4.69, 9.17) is 16.3 Å². The van der Waals surface area contributed by atoms with Crippen LogP contribution in [0.2, 0.25) is 5.02 Å². The van der Waals surface area contributed by atoms with Gasteiger partial charge < -0.3 is 10.1 Å². The normalized spacial score (nSPS) is 11.8. The third-order valence-electron chi connectivity index (χ3n) is 2.92. The van der Waals surface area contributed by atoms with Crippen molar-refractivity contribution in [3.05, 3.63) is 57.5 Å². The Morgan fingerprint density at radius 2 is 1.90 bits per heavy atom. The molecule has 1 N–H and O–H groups in total. The number of amides is 1. The number of carbonyl (C=O) groups is 1. The zero-order valence-electron chi connectivity index (χ0n) is 11.7. The summed E-state index contributed by atoms with van der Waals surface area (Å²) in [6, 6.07) is 12.7. The van der Waals surface area contributed by atoms with Crippen molar-refractivity contribution in [1.82, 2.24) is 0 Å². The first-order valence-electron chi connectivity index (χ1n) is 6.45. The summed E-state index contributed by atoms with van der Waals surface area (Å²) in [6.07, 6.45) is -0.603. The van der Waals surface area contributed by atoms with Gasteiger partial charge in [0.05, 0.1) is 0 Å². The second-order valence-corrected chi connectivity index (χ2v) is 5.99. The summed E-state index contributed by atoms with van der Waals surface area (Å²) in [7, 11) is 0. The maximum atomic E-state index is 12.1. The van der Waals surface area contributed by atoms with Crippen molar-refractivity contribution in [3.63, 3.8) is 0 Å². The minimum atomic E-state index is -0.603. The van der Waals surface area contributed by atoms with Gasteiger partial charge in [-0.3, -0.25) is 4.79 Å². The Balaban J connectivity index is 1.98. The first-order valence-corrected chi connectivity index (χ1v) is 7.62. The van der Waals surface area contributed by atoms with Crippen LogP contribution < -0.4 is 10.1 Å². The van der Waals surface area contributed by atoms with Crippen LogP contribution in [0.4, 0.5) is 5.69 Å². The van der Waals surface area contributed by atoms with E-state index in [2.05, 4.69) is 21.2 Å². The van der Waals surface area contributed by atoms with Crippen molar-refractivity contribution in [2.45, 2.75) is 20.0 Å². The number of hydrogen-bond donors (Lipinski definition) is 1. The Labute approximate surface area is 137 Å². The van der Waals surface area contributed by atoms with E-state index in [0.717, 1.165) is 15.7 Å². The van der Waals surface area contributed by atoms with E-state index < -0.39 is 6.10 Å². The Morgan fingerprint density at radius 3 is 2.52 bits per heavy atom. The summed E-state index contributed by atoms with van der Waals surface area (Å²) in [4.78, 5) is 12.1. The van der Waals surface area contributed by atoms with E-state index in [1.54, 1.807) is 19.1 Å². The molecular weight excluding hydrogens is 354 g/mol. The highest BCUT2D eigenvalue weighted by molar-refractivity contribution is 9.10. The summed E-state index contributed by atoms with van der Waals surface area (Å²) >= 11 is 9.31. The van der Waals surface area contributed by atoms with Gasteiger partial charge in [-0.05, 0) is 61.9 Å². The predicted octanol–water partition coefficient (Wildman–Crippen LogP) is 4.82. The second kappa shape index (κ2) is 6.96.